The average molecular weight is 321 g/mol. The van der Waals surface area contributed by atoms with Crippen LogP contribution >= 0.6 is 0 Å². The molecule has 2 atom stereocenters. The van der Waals surface area contributed by atoms with Crippen molar-refractivity contribution >= 4 is 14.2 Å². The van der Waals surface area contributed by atoms with Gasteiger partial charge in [0.25, 0.3) is 0 Å². The van der Waals surface area contributed by atoms with Gasteiger partial charge in [0.2, 0.25) is 0 Å². The normalized spacial score (nSPS) is 22.1. The van der Waals surface area contributed by atoms with E-state index in [-0.39, 0.29) is 12.1 Å². The lowest BCUT2D eigenvalue weighted by atomic mass is 9.95. The highest BCUT2D eigenvalue weighted by molar-refractivity contribution is 6.76. The molecule has 2 rings (SSSR count). The molecule has 1 amide bonds. The molecule has 0 bridgehead atoms. The number of alkyl carbamates (subject to hydrolysis) is 1. The molecule has 0 aromatic heterocycles. The van der Waals surface area contributed by atoms with Gasteiger partial charge in [-0.05, 0) is 24.4 Å². The van der Waals surface area contributed by atoms with Crippen molar-refractivity contribution < 1.29 is 9.53 Å². The molecule has 2 N–H and O–H groups in total. The summed E-state index contributed by atoms with van der Waals surface area (Å²) in [5.74, 6) is 0. The van der Waals surface area contributed by atoms with Crippen LogP contribution in [0.5, 0.6) is 0 Å². The van der Waals surface area contributed by atoms with Crippen LogP contribution in [0.25, 0.3) is 0 Å². The van der Waals surface area contributed by atoms with Crippen molar-refractivity contribution in [2.45, 2.75) is 50.6 Å². The van der Waals surface area contributed by atoms with Crippen molar-refractivity contribution in [3.8, 4) is 0 Å². The van der Waals surface area contributed by atoms with Gasteiger partial charge < -0.3 is 15.4 Å². The molecule has 0 saturated carbocycles. The quantitative estimate of drug-likeness (QED) is 0.816. The molecule has 1 saturated heterocycles. The van der Waals surface area contributed by atoms with Gasteiger partial charge in [0.05, 0.1) is 6.61 Å². The number of piperidine rings is 1. The molecule has 0 radical (unpaired) electrons. The zero-order chi connectivity index (χ0) is 16.0. The molecule has 0 spiro atoms. The van der Waals surface area contributed by atoms with Gasteiger partial charge in [-0.2, -0.15) is 0 Å². The van der Waals surface area contributed by atoms with E-state index in [4.69, 9.17) is 4.74 Å². The van der Waals surface area contributed by atoms with Crippen LogP contribution in [-0.4, -0.2) is 33.4 Å². The summed E-state index contributed by atoms with van der Waals surface area (Å²) >= 11 is 0. The van der Waals surface area contributed by atoms with Gasteiger partial charge in [-0.3, -0.25) is 0 Å². The van der Waals surface area contributed by atoms with Gasteiger partial charge in [-0.1, -0.05) is 50.0 Å². The molecule has 4 nitrogen and oxygen atoms in total. The lowest BCUT2D eigenvalue weighted by Gasteiger charge is -2.30. The van der Waals surface area contributed by atoms with Gasteiger partial charge in [0.15, 0.2) is 0 Å². The Hall–Kier alpha value is -1.33. The molecular weight excluding hydrogens is 292 g/mol. The number of hydrogen-bond donors (Lipinski definition) is 2. The zero-order valence-corrected chi connectivity index (χ0v) is 14.9. The number of ether oxygens (including phenoxy) is 1. The second-order valence-corrected chi connectivity index (χ2v) is 12.9. The van der Waals surface area contributed by atoms with E-state index in [0.717, 1.165) is 25.4 Å². The van der Waals surface area contributed by atoms with E-state index in [9.17, 15) is 4.79 Å². The first-order valence-corrected chi connectivity index (χ1v) is 11.9. The largest absolute Gasteiger partial charge is 0.450 e. The van der Waals surface area contributed by atoms with E-state index >= 15 is 0 Å². The van der Waals surface area contributed by atoms with Crippen molar-refractivity contribution in [2.75, 3.05) is 13.2 Å². The fourth-order valence-electron chi connectivity index (χ4n) is 2.61. The summed E-state index contributed by atoms with van der Waals surface area (Å²) in [6.07, 6.45) is 1.74. The third kappa shape index (κ3) is 5.81. The van der Waals surface area contributed by atoms with Gasteiger partial charge in [-0.25, -0.2) is 4.79 Å². The number of rotatable bonds is 5. The monoisotopic (exact) mass is 320 g/mol. The van der Waals surface area contributed by atoms with E-state index in [0.29, 0.717) is 12.6 Å². The zero-order valence-electron chi connectivity index (χ0n) is 13.9. The molecule has 1 aromatic carbocycles. The van der Waals surface area contributed by atoms with Crippen molar-refractivity contribution in [3.05, 3.63) is 35.9 Å². The molecule has 122 valence electrons. The number of nitrogens with one attached hydrogen (secondary N) is 2. The number of carbonyl (C=O) groups is 1. The van der Waals surface area contributed by atoms with Crippen LogP contribution in [0, 0.1) is 0 Å². The maximum Gasteiger partial charge on any atom is 0.407 e. The Balaban J connectivity index is 1.68. The van der Waals surface area contributed by atoms with Crippen molar-refractivity contribution in [3.63, 3.8) is 0 Å². The Labute approximate surface area is 134 Å². The summed E-state index contributed by atoms with van der Waals surface area (Å²) in [6.45, 7) is 8.17. The number of amides is 1. The fourth-order valence-corrected chi connectivity index (χ4v) is 3.32. The summed E-state index contributed by atoms with van der Waals surface area (Å²) in [7, 11) is -1.14. The highest BCUT2D eigenvalue weighted by Crippen LogP contribution is 2.22. The average Bonchev–Trinajstić information content (AvgIpc) is 2.47. The van der Waals surface area contributed by atoms with Crippen LogP contribution in [0.4, 0.5) is 4.79 Å². The Morgan fingerprint density at radius 3 is 2.59 bits per heavy atom. The summed E-state index contributed by atoms with van der Waals surface area (Å²) in [5, 5.41) is 6.48. The Morgan fingerprint density at radius 2 is 2.00 bits per heavy atom. The summed E-state index contributed by atoms with van der Waals surface area (Å²) in [4.78, 5) is 11.8. The van der Waals surface area contributed by atoms with Gasteiger partial charge >= 0.3 is 6.09 Å². The second kappa shape index (κ2) is 7.79. The van der Waals surface area contributed by atoms with E-state index in [1.165, 1.54) is 5.56 Å². The lowest BCUT2D eigenvalue weighted by molar-refractivity contribution is 0.144. The first-order valence-electron chi connectivity index (χ1n) is 8.16. The minimum absolute atomic E-state index is 0.166. The fraction of sp³-hybridized carbons (Fsp3) is 0.588. The van der Waals surface area contributed by atoms with Crippen LogP contribution in [0.2, 0.25) is 25.7 Å². The standard InChI is InChI=1S/C17H28N2O2Si/c1-22(2,3)12-11-21-17(20)19-15-9-10-16(18-13-15)14-7-5-4-6-8-14/h4-8,15-16,18H,9-13H2,1-3H3,(H,19,20)/t15-,16+/m1/s1. The first-order chi connectivity index (χ1) is 10.4. The van der Waals surface area contributed by atoms with Gasteiger partial charge in [0, 0.05) is 26.7 Å². The predicted octanol–water partition coefficient (Wildman–Crippen LogP) is 3.54. The van der Waals surface area contributed by atoms with Gasteiger partial charge in [-0.15, -0.1) is 0 Å². The van der Waals surface area contributed by atoms with Crippen LogP contribution in [0.1, 0.15) is 24.4 Å². The third-order valence-corrected chi connectivity index (χ3v) is 5.73. The van der Waals surface area contributed by atoms with Crippen LogP contribution in [0.3, 0.4) is 0 Å². The lowest BCUT2D eigenvalue weighted by Crippen LogP contribution is -2.47. The molecular formula is C17H28N2O2Si. The van der Waals surface area contributed by atoms with Crippen molar-refractivity contribution in [1.29, 1.82) is 0 Å². The molecule has 0 unspecified atom stereocenters. The highest BCUT2D eigenvalue weighted by atomic mass is 28.3. The number of hydrogen-bond acceptors (Lipinski definition) is 3. The minimum atomic E-state index is -1.14. The summed E-state index contributed by atoms with van der Waals surface area (Å²) in [6, 6.07) is 12.0. The number of benzene rings is 1. The highest BCUT2D eigenvalue weighted by Gasteiger charge is 2.23. The van der Waals surface area contributed by atoms with E-state index < -0.39 is 8.07 Å². The SMILES string of the molecule is C[Si](C)(C)CCOC(=O)N[C@@H]1CC[C@@H](c2ccccc2)NC1. The van der Waals surface area contributed by atoms with E-state index in [1.807, 2.05) is 6.07 Å². The second-order valence-electron chi connectivity index (χ2n) is 7.24. The Morgan fingerprint density at radius 1 is 1.27 bits per heavy atom. The molecule has 5 heteroatoms. The van der Waals surface area contributed by atoms with E-state index in [2.05, 4.69) is 54.5 Å². The third-order valence-electron chi connectivity index (χ3n) is 4.02. The molecule has 0 aliphatic carbocycles. The predicted molar refractivity (Wildman–Crippen MR) is 92.8 cm³/mol. The van der Waals surface area contributed by atoms with Gasteiger partial charge in [0.1, 0.15) is 0 Å². The minimum Gasteiger partial charge on any atom is -0.450 e. The topological polar surface area (TPSA) is 50.4 Å². The molecule has 1 aliphatic heterocycles. The summed E-state index contributed by atoms with van der Waals surface area (Å²) in [5.41, 5.74) is 1.32. The molecule has 1 heterocycles. The molecule has 1 fully saturated rings. The smallest absolute Gasteiger partial charge is 0.407 e. The van der Waals surface area contributed by atoms with Crippen molar-refractivity contribution in [1.82, 2.24) is 10.6 Å². The molecule has 22 heavy (non-hydrogen) atoms. The van der Waals surface area contributed by atoms with Crippen molar-refractivity contribution in [2.24, 2.45) is 0 Å². The van der Waals surface area contributed by atoms with Crippen LogP contribution < -0.4 is 10.6 Å². The van der Waals surface area contributed by atoms with E-state index in [1.54, 1.807) is 0 Å². The maximum absolute atomic E-state index is 11.8. The molecule has 1 aliphatic rings. The first kappa shape index (κ1) is 17.0. The Bertz CT molecular complexity index is 465. The summed E-state index contributed by atoms with van der Waals surface area (Å²) < 4.78 is 5.29. The molecule has 1 aromatic rings. The maximum atomic E-state index is 11.8. The van der Waals surface area contributed by atoms with Crippen LogP contribution in [0.15, 0.2) is 30.3 Å². The Kier molecular flexibility index (Phi) is 6.03. The van der Waals surface area contributed by atoms with Crippen LogP contribution in [-0.2, 0) is 4.74 Å². The number of carbonyl (C=O) groups excluding carboxylic acids is 1.